The molecule has 0 radical (unpaired) electrons. The molecular weight excluding hydrogens is 955 g/mol. The molecule has 1 unspecified atom stereocenters. The summed E-state index contributed by atoms with van der Waals surface area (Å²) < 4.78 is 66.6. The summed E-state index contributed by atoms with van der Waals surface area (Å²) in [5.41, 5.74) is -0.601. The van der Waals surface area contributed by atoms with E-state index in [1.807, 2.05) is 91.0 Å². The lowest BCUT2D eigenvalue weighted by Gasteiger charge is -2.49. The quantitative estimate of drug-likeness (QED) is 0.0357. The predicted molar refractivity (Wildman–Crippen MR) is 257 cm³/mol. The molecule has 1 fully saturated rings. The van der Waals surface area contributed by atoms with E-state index >= 15 is 0 Å². The zero-order valence-corrected chi connectivity index (χ0v) is 40.7. The number of hydrogen-bond donors (Lipinski definition) is 2. The molecule has 0 spiro atoms. The second-order valence-corrected chi connectivity index (χ2v) is 23.2. The van der Waals surface area contributed by atoms with Crippen molar-refractivity contribution in [2.24, 2.45) is 5.16 Å². The Bertz CT molecular complexity index is 2860. The van der Waals surface area contributed by atoms with E-state index in [1.165, 1.54) is 12.5 Å². The van der Waals surface area contributed by atoms with Crippen LogP contribution in [0.3, 0.4) is 0 Å². The number of carbonyl (C=O) groups is 4. The first-order valence-corrected chi connectivity index (χ1v) is 26.6. The van der Waals surface area contributed by atoms with E-state index in [0.29, 0.717) is 28.0 Å². The summed E-state index contributed by atoms with van der Waals surface area (Å²) >= 11 is 2.03. The number of amides is 3. The molecule has 1 aromatic heterocycles. The number of fused-ring (bicyclic) bond motifs is 1. The Morgan fingerprint density at radius 1 is 0.853 bits per heavy atom. The Balaban J connectivity index is 1.24. The van der Waals surface area contributed by atoms with Crippen molar-refractivity contribution >= 4 is 77.5 Å². The lowest BCUT2D eigenvalue weighted by atomic mass is 9.80. The second-order valence-electron chi connectivity index (χ2n) is 16.6. The first-order valence-electron chi connectivity index (χ1n) is 20.8. The number of hydrogen-bond acceptors (Lipinski definition) is 16. The highest BCUT2D eigenvalue weighted by Crippen LogP contribution is 2.43. The Labute approximate surface area is 401 Å². The Kier molecular flexibility index (Phi) is 14.8. The molecule has 68 heavy (non-hydrogen) atoms. The lowest BCUT2D eigenvalue weighted by molar-refractivity contribution is -0.153. The van der Waals surface area contributed by atoms with Gasteiger partial charge in [-0.1, -0.05) is 108 Å². The fourth-order valence-corrected chi connectivity index (χ4v) is 13.3. The van der Waals surface area contributed by atoms with Crippen molar-refractivity contribution in [3.8, 4) is 5.75 Å². The van der Waals surface area contributed by atoms with Crippen LogP contribution in [0.2, 0.25) is 0 Å². The van der Waals surface area contributed by atoms with E-state index < -0.39 is 77.0 Å². The molecule has 0 saturated carbocycles. The number of nitrogens with one attached hydrogen (secondary N) is 2. The number of anilines is 1. The van der Waals surface area contributed by atoms with Crippen molar-refractivity contribution in [3.05, 3.63) is 160 Å². The molecule has 5 aromatic rings. The normalized spacial score (nSPS) is 16.5. The molecule has 7 rings (SSSR count). The van der Waals surface area contributed by atoms with Gasteiger partial charge in [0.1, 0.15) is 40.8 Å². The number of esters is 1. The molecule has 2 N–H and O–H groups in total. The molecule has 3 heterocycles. The SMILES string of the molecule is COc1ccc(COC(=O)C2=C(CS(=O)(=O)CS(C)(=O)=O)CS[C@@H]3C(NC(=O)/C(=N\OC(c4ccccc4)(c4ccccc4)c4ccccc4)c4csc(NC(=O)OC(C)(C)C)n4)C(=O)N23)cc1. The van der Waals surface area contributed by atoms with Crippen LogP contribution in [0, 0.1) is 0 Å². The van der Waals surface area contributed by atoms with Gasteiger partial charge in [-0.3, -0.25) is 19.8 Å². The van der Waals surface area contributed by atoms with Crippen molar-refractivity contribution in [1.29, 1.82) is 0 Å². The van der Waals surface area contributed by atoms with Gasteiger partial charge in [-0.05, 0) is 44.0 Å². The Morgan fingerprint density at radius 3 is 1.96 bits per heavy atom. The minimum atomic E-state index is -4.34. The molecule has 3 amide bonds. The number of aromatic nitrogens is 1. The van der Waals surface area contributed by atoms with Crippen LogP contribution in [0.25, 0.3) is 0 Å². The van der Waals surface area contributed by atoms with Gasteiger partial charge >= 0.3 is 12.1 Å². The number of thioether (sulfide) groups is 1. The molecule has 2 aliphatic heterocycles. The molecule has 21 heteroatoms. The average molecular weight is 1000 g/mol. The third kappa shape index (κ3) is 11.6. The van der Waals surface area contributed by atoms with E-state index in [9.17, 15) is 36.0 Å². The second kappa shape index (κ2) is 20.4. The largest absolute Gasteiger partial charge is 0.497 e. The molecule has 1 saturated heterocycles. The average Bonchev–Trinajstić information content (AvgIpc) is 3.75. The molecular formula is C47H47N5O12S4. The van der Waals surface area contributed by atoms with Crippen molar-refractivity contribution in [1.82, 2.24) is 15.2 Å². The number of rotatable bonds is 17. The van der Waals surface area contributed by atoms with E-state index in [1.54, 1.807) is 45.0 Å². The molecule has 4 aromatic carbocycles. The standard InChI is InChI=1S/C47H47N5O12S4/c1-46(2,3)63-45(56)50-44-48-36(27-66-44)37(51-64-47(32-15-9-6-10-16-32,33-17-11-7-12-18-33)34-19-13-8-14-20-34)40(53)49-38-41(54)52-39(43(55)62-25-30-21-23-35(61-4)24-22-30)31(26-65-42(38)52)28-68(59,60)29-67(5,57)58/h6-24,27,38,42H,25-26,28-29H2,1-5H3,(H,49,53)(H,48,50,56)/b51-37-/t38?,42-/m1/s1. The van der Waals surface area contributed by atoms with Crippen molar-refractivity contribution in [2.45, 2.75) is 50.0 Å². The van der Waals surface area contributed by atoms with Gasteiger partial charge in [0.2, 0.25) is 5.60 Å². The van der Waals surface area contributed by atoms with Gasteiger partial charge in [0.25, 0.3) is 11.8 Å². The molecule has 0 bridgehead atoms. The zero-order valence-electron chi connectivity index (χ0n) is 37.4. The summed E-state index contributed by atoms with van der Waals surface area (Å²) in [7, 11) is -6.84. The minimum Gasteiger partial charge on any atom is -0.497 e. The van der Waals surface area contributed by atoms with Crippen LogP contribution >= 0.6 is 23.1 Å². The molecule has 0 aliphatic carbocycles. The highest BCUT2D eigenvalue weighted by Gasteiger charge is 2.55. The van der Waals surface area contributed by atoms with Crippen LogP contribution in [0.1, 0.15) is 48.7 Å². The fourth-order valence-electron chi connectivity index (χ4n) is 7.39. The van der Waals surface area contributed by atoms with Gasteiger partial charge in [0.05, 0.1) is 12.9 Å². The van der Waals surface area contributed by atoms with Crippen molar-refractivity contribution < 1.29 is 55.1 Å². The van der Waals surface area contributed by atoms with Gasteiger partial charge in [-0.2, -0.15) is 0 Å². The monoisotopic (exact) mass is 1000 g/mol. The van der Waals surface area contributed by atoms with Gasteiger partial charge in [0, 0.05) is 34.1 Å². The third-order valence-corrected chi connectivity index (χ3v) is 16.3. The van der Waals surface area contributed by atoms with Crippen LogP contribution < -0.4 is 15.4 Å². The summed E-state index contributed by atoms with van der Waals surface area (Å²) in [6.07, 6.45) is -0.0172. The summed E-state index contributed by atoms with van der Waals surface area (Å²) in [6, 6.07) is 33.1. The summed E-state index contributed by atoms with van der Waals surface area (Å²) in [5.74, 6) is -3.17. The van der Waals surface area contributed by atoms with Gasteiger partial charge < -0.3 is 24.4 Å². The number of carbonyl (C=O) groups excluding carboxylic acids is 4. The highest BCUT2D eigenvalue weighted by molar-refractivity contribution is 8.07. The number of ether oxygens (including phenoxy) is 3. The maximum absolute atomic E-state index is 14.7. The summed E-state index contributed by atoms with van der Waals surface area (Å²) in [5, 5.41) is 9.23. The van der Waals surface area contributed by atoms with Gasteiger partial charge in [-0.25, -0.2) is 31.4 Å². The highest BCUT2D eigenvalue weighted by atomic mass is 32.3. The maximum atomic E-state index is 14.7. The number of methoxy groups -OCH3 is 1. The first kappa shape index (κ1) is 49.4. The minimum absolute atomic E-state index is 0.0392. The number of β-lactam (4-membered cyclic amide) rings is 1. The number of nitrogens with zero attached hydrogens (tertiary/aromatic N) is 3. The van der Waals surface area contributed by atoms with E-state index in [2.05, 4.69) is 20.8 Å². The van der Waals surface area contributed by atoms with Crippen LogP contribution in [-0.2, 0) is 60.6 Å². The molecule has 2 aliphatic rings. The maximum Gasteiger partial charge on any atom is 0.413 e. The lowest BCUT2D eigenvalue weighted by Crippen LogP contribution is -2.71. The molecule has 17 nitrogen and oxygen atoms in total. The van der Waals surface area contributed by atoms with Crippen LogP contribution in [0.5, 0.6) is 5.75 Å². The van der Waals surface area contributed by atoms with Crippen LogP contribution in [0.15, 0.2) is 137 Å². The van der Waals surface area contributed by atoms with Gasteiger partial charge in [-0.15, -0.1) is 23.1 Å². The van der Waals surface area contributed by atoms with E-state index in [4.69, 9.17) is 19.0 Å². The van der Waals surface area contributed by atoms with E-state index in [0.717, 1.165) is 34.3 Å². The number of benzene rings is 4. The van der Waals surface area contributed by atoms with Crippen LogP contribution in [-0.4, -0.2) is 103 Å². The first-order chi connectivity index (χ1) is 32.3. The molecule has 356 valence electrons. The van der Waals surface area contributed by atoms with Crippen molar-refractivity contribution in [2.75, 3.05) is 35.3 Å². The summed E-state index contributed by atoms with van der Waals surface area (Å²) in [4.78, 5) is 67.9. The topological polar surface area (TPSA) is 226 Å². The van der Waals surface area contributed by atoms with Crippen molar-refractivity contribution in [3.63, 3.8) is 0 Å². The van der Waals surface area contributed by atoms with Crippen LogP contribution in [0.4, 0.5) is 9.93 Å². The number of sulfone groups is 2. The Morgan fingerprint density at radius 2 is 1.43 bits per heavy atom. The molecule has 2 atom stereocenters. The smallest absolute Gasteiger partial charge is 0.413 e. The van der Waals surface area contributed by atoms with E-state index in [-0.39, 0.29) is 40.2 Å². The zero-order chi connectivity index (χ0) is 48.9. The van der Waals surface area contributed by atoms with Gasteiger partial charge in [0.15, 0.2) is 35.6 Å². The predicted octanol–water partition coefficient (Wildman–Crippen LogP) is 6.03. The summed E-state index contributed by atoms with van der Waals surface area (Å²) in [6.45, 7) is 4.84. The Hall–Kier alpha value is -6.55. The number of oxime groups is 1. The third-order valence-electron chi connectivity index (χ3n) is 10.2. The number of thiazole rings is 1. The fraction of sp³-hybridized carbons (Fsp3) is 0.277.